The minimum Gasteiger partial charge on any atom is -0.477 e. The first-order valence-electron chi connectivity index (χ1n) is 7.40. The Labute approximate surface area is 143 Å². The van der Waals surface area contributed by atoms with Gasteiger partial charge in [-0.15, -0.1) is 0 Å². The van der Waals surface area contributed by atoms with Gasteiger partial charge in [-0.25, -0.2) is 9.78 Å². The third kappa shape index (κ3) is 3.55. The lowest BCUT2D eigenvalue weighted by atomic mass is 10.1. The number of carbonyl (C=O) groups excluding carboxylic acids is 1. The maximum absolute atomic E-state index is 12.6. The molecule has 1 aromatic heterocycles. The standard InChI is InChI=1S/C17H15ClN2O4/c18-13-4-1-11(2-5-13)15-10-20(7-8-24-15)16(21)12-3-6-14(17(22)23)19-9-12/h1-6,9,15H,7-8,10H2,(H,22,23)/t15-/m1/s1. The number of carboxylic acid groups (broad SMARTS) is 1. The van der Waals surface area contributed by atoms with Gasteiger partial charge in [0, 0.05) is 17.8 Å². The highest BCUT2D eigenvalue weighted by Crippen LogP contribution is 2.24. The van der Waals surface area contributed by atoms with E-state index in [1.165, 1.54) is 18.3 Å². The van der Waals surface area contributed by atoms with Crippen LogP contribution in [0.4, 0.5) is 0 Å². The maximum atomic E-state index is 12.6. The summed E-state index contributed by atoms with van der Waals surface area (Å²) >= 11 is 5.89. The molecule has 6 nitrogen and oxygen atoms in total. The summed E-state index contributed by atoms with van der Waals surface area (Å²) in [5.74, 6) is -1.31. The van der Waals surface area contributed by atoms with Gasteiger partial charge in [-0.3, -0.25) is 4.79 Å². The molecule has 0 bridgehead atoms. The van der Waals surface area contributed by atoms with E-state index in [4.69, 9.17) is 21.4 Å². The van der Waals surface area contributed by atoms with Crippen LogP contribution in [0.3, 0.4) is 0 Å². The molecular weight excluding hydrogens is 332 g/mol. The van der Waals surface area contributed by atoms with Gasteiger partial charge in [0.05, 0.1) is 18.7 Å². The van der Waals surface area contributed by atoms with Crippen LogP contribution in [-0.4, -0.2) is 46.6 Å². The summed E-state index contributed by atoms with van der Waals surface area (Å²) in [7, 11) is 0. The van der Waals surface area contributed by atoms with Gasteiger partial charge < -0.3 is 14.7 Å². The maximum Gasteiger partial charge on any atom is 0.354 e. The number of hydrogen-bond donors (Lipinski definition) is 1. The molecule has 1 saturated heterocycles. The first-order valence-corrected chi connectivity index (χ1v) is 7.78. The number of hydrogen-bond acceptors (Lipinski definition) is 4. The molecular formula is C17H15ClN2O4. The highest BCUT2D eigenvalue weighted by atomic mass is 35.5. The Morgan fingerprint density at radius 2 is 1.96 bits per heavy atom. The van der Waals surface area contributed by atoms with Gasteiger partial charge in [-0.05, 0) is 29.8 Å². The summed E-state index contributed by atoms with van der Waals surface area (Å²) in [6.45, 7) is 1.32. The molecule has 0 unspecified atom stereocenters. The highest BCUT2D eigenvalue weighted by Gasteiger charge is 2.26. The van der Waals surface area contributed by atoms with E-state index in [2.05, 4.69) is 4.98 Å². The minimum absolute atomic E-state index is 0.0902. The molecule has 7 heteroatoms. The zero-order valence-corrected chi connectivity index (χ0v) is 13.4. The van der Waals surface area contributed by atoms with Crippen molar-refractivity contribution in [2.45, 2.75) is 6.10 Å². The second kappa shape index (κ2) is 6.98. The lowest BCUT2D eigenvalue weighted by Gasteiger charge is -2.33. The van der Waals surface area contributed by atoms with E-state index in [1.807, 2.05) is 12.1 Å². The summed E-state index contributed by atoms with van der Waals surface area (Å²) in [6.07, 6.45) is 1.07. The Hall–Kier alpha value is -2.44. The van der Waals surface area contributed by atoms with Crippen LogP contribution in [0.25, 0.3) is 0 Å². The largest absolute Gasteiger partial charge is 0.477 e. The zero-order chi connectivity index (χ0) is 17.1. The number of amides is 1. The fourth-order valence-corrected chi connectivity index (χ4v) is 2.67. The van der Waals surface area contributed by atoms with Crippen LogP contribution in [0.5, 0.6) is 0 Å². The molecule has 1 fully saturated rings. The van der Waals surface area contributed by atoms with Gasteiger partial charge in [0.25, 0.3) is 5.91 Å². The molecule has 1 N–H and O–H groups in total. The highest BCUT2D eigenvalue weighted by molar-refractivity contribution is 6.30. The van der Waals surface area contributed by atoms with Crippen LogP contribution < -0.4 is 0 Å². The van der Waals surface area contributed by atoms with Crippen molar-refractivity contribution in [3.63, 3.8) is 0 Å². The lowest BCUT2D eigenvalue weighted by molar-refractivity contribution is -0.0228. The normalized spacial score (nSPS) is 17.5. The van der Waals surface area contributed by atoms with Crippen LogP contribution in [0.1, 0.15) is 32.5 Å². The molecule has 1 amide bonds. The Bertz CT molecular complexity index is 746. The fourth-order valence-electron chi connectivity index (χ4n) is 2.54. The summed E-state index contributed by atoms with van der Waals surface area (Å²) < 4.78 is 5.74. The number of aromatic carboxylic acids is 1. The van der Waals surface area contributed by atoms with Gasteiger partial charge >= 0.3 is 5.97 Å². The molecule has 1 aliphatic rings. The quantitative estimate of drug-likeness (QED) is 0.924. The summed E-state index contributed by atoms with van der Waals surface area (Å²) in [4.78, 5) is 28.9. The first kappa shape index (κ1) is 16.4. The molecule has 24 heavy (non-hydrogen) atoms. The molecule has 1 atom stereocenters. The summed E-state index contributed by atoms with van der Waals surface area (Å²) in [5.41, 5.74) is 1.22. The number of rotatable bonds is 3. The smallest absolute Gasteiger partial charge is 0.354 e. The number of carboxylic acids is 1. The van der Waals surface area contributed by atoms with Gasteiger partial charge in [0.1, 0.15) is 11.8 Å². The van der Waals surface area contributed by atoms with Gasteiger partial charge in [-0.2, -0.15) is 0 Å². The molecule has 0 spiro atoms. The second-order valence-electron chi connectivity index (χ2n) is 5.40. The Morgan fingerprint density at radius 3 is 2.58 bits per heavy atom. The molecule has 1 aromatic carbocycles. The molecule has 2 heterocycles. The average Bonchev–Trinajstić information content (AvgIpc) is 2.62. The third-order valence-corrected chi connectivity index (χ3v) is 4.08. The first-order chi connectivity index (χ1) is 11.5. The molecule has 3 rings (SSSR count). The molecule has 0 radical (unpaired) electrons. The number of halogens is 1. The topological polar surface area (TPSA) is 79.7 Å². The predicted octanol–water partition coefficient (Wildman–Crippen LogP) is 2.65. The minimum atomic E-state index is -1.12. The van der Waals surface area contributed by atoms with Crippen LogP contribution in [-0.2, 0) is 4.74 Å². The summed E-state index contributed by atoms with van der Waals surface area (Å²) in [6, 6.07) is 10.1. The molecule has 0 aliphatic carbocycles. The number of carbonyl (C=O) groups is 2. The van der Waals surface area contributed by atoms with Gasteiger partial charge in [0.15, 0.2) is 0 Å². The van der Waals surface area contributed by atoms with Crippen molar-refractivity contribution in [1.82, 2.24) is 9.88 Å². The average molecular weight is 347 g/mol. The van der Waals surface area contributed by atoms with Crippen molar-refractivity contribution < 1.29 is 19.4 Å². The molecule has 0 saturated carbocycles. The predicted molar refractivity (Wildman–Crippen MR) is 87.2 cm³/mol. The van der Waals surface area contributed by atoms with Gasteiger partial charge in [-0.1, -0.05) is 23.7 Å². The van der Waals surface area contributed by atoms with E-state index >= 15 is 0 Å². The van der Waals surface area contributed by atoms with Crippen molar-refractivity contribution in [1.29, 1.82) is 0 Å². The number of ether oxygens (including phenoxy) is 1. The van der Waals surface area contributed by atoms with Crippen LogP contribution in [0.15, 0.2) is 42.6 Å². The van der Waals surface area contributed by atoms with Crippen molar-refractivity contribution in [2.24, 2.45) is 0 Å². The van der Waals surface area contributed by atoms with Crippen molar-refractivity contribution in [3.8, 4) is 0 Å². The number of nitrogens with zero attached hydrogens (tertiary/aromatic N) is 2. The monoisotopic (exact) mass is 346 g/mol. The van der Waals surface area contributed by atoms with Crippen molar-refractivity contribution in [2.75, 3.05) is 19.7 Å². The SMILES string of the molecule is O=C(O)c1ccc(C(=O)N2CCO[C@@H](c3ccc(Cl)cc3)C2)cn1. The van der Waals surface area contributed by atoms with E-state index in [0.717, 1.165) is 5.56 Å². The Balaban J connectivity index is 1.72. The molecule has 124 valence electrons. The number of benzene rings is 1. The lowest BCUT2D eigenvalue weighted by Crippen LogP contribution is -2.42. The Kier molecular flexibility index (Phi) is 4.78. The third-order valence-electron chi connectivity index (χ3n) is 3.83. The second-order valence-corrected chi connectivity index (χ2v) is 5.84. The Morgan fingerprint density at radius 1 is 1.21 bits per heavy atom. The van der Waals surface area contributed by atoms with E-state index < -0.39 is 5.97 Å². The number of pyridine rings is 1. The molecule has 1 aliphatic heterocycles. The van der Waals surface area contributed by atoms with E-state index in [9.17, 15) is 9.59 Å². The van der Waals surface area contributed by atoms with Crippen molar-refractivity contribution >= 4 is 23.5 Å². The van der Waals surface area contributed by atoms with Crippen LogP contribution in [0, 0.1) is 0 Å². The number of aromatic nitrogens is 1. The number of morpholine rings is 1. The van der Waals surface area contributed by atoms with E-state index in [1.54, 1.807) is 17.0 Å². The van der Waals surface area contributed by atoms with E-state index in [0.29, 0.717) is 30.3 Å². The van der Waals surface area contributed by atoms with E-state index in [-0.39, 0.29) is 17.7 Å². The summed E-state index contributed by atoms with van der Waals surface area (Å²) in [5, 5.41) is 9.50. The van der Waals surface area contributed by atoms with Crippen LogP contribution in [0.2, 0.25) is 5.02 Å². The van der Waals surface area contributed by atoms with Crippen molar-refractivity contribution in [3.05, 3.63) is 64.4 Å². The van der Waals surface area contributed by atoms with Gasteiger partial charge in [0.2, 0.25) is 0 Å². The van der Waals surface area contributed by atoms with Crippen LogP contribution >= 0.6 is 11.6 Å². The molecule has 2 aromatic rings. The zero-order valence-electron chi connectivity index (χ0n) is 12.7. The fraction of sp³-hybridized carbons (Fsp3) is 0.235.